The molecule has 4 rings (SSSR count). The van der Waals surface area contributed by atoms with Gasteiger partial charge in [0, 0.05) is 57.2 Å². The van der Waals surface area contributed by atoms with Gasteiger partial charge in [0.15, 0.2) is 11.5 Å². The van der Waals surface area contributed by atoms with Gasteiger partial charge in [-0.3, -0.25) is 14.8 Å². The number of carbonyl (C=O) groups is 1. The predicted molar refractivity (Wildman–Crippen MR) is 147 cm³/mol. The number of pyridine rings is 1. The van der Waals surface area contributed by atoms with E-state index >= 15 is 0 Å². The van der Waals surface area contributed by atoms with Crippen LogP contribution in [0.4, 0.5) is 0 Å². The molecule has 36 heavy (non-hydrogen) atoms. The van der Waals surface area contributed by atoms with Crippen LogP contribution >= 0.6 is 37.2 Å². The fourth-order valence-corrected chi connectivity index (χ4v) is 4.00. The van der Waals surface area contributed by atoms with E-state index in [2.05, 4.69) is 39.0 Å². The molecule has 1 fully saturated rings. The van der Waals surface area contributed by atoms with Crippen molar-refractivity contribution in [1.29, 1.82) is 0 Å². The van der Waals surface area contributed by atoms with E-state index < -0.39 is 5.97 Å². The highest BCUT2D eigenvalue weighted by molar-refractivity contribution is 5.91. The lowest BCUT2D eigenvalue weighted by Crippen LogP contribution is -2.45. The molecule has 196 valence electrons. The van der Waals surface area contributed by atoms with Gasteiger partial charge in [-0.25, -0.2) is 4.79 Å². The molecule has 1 aliphatic rings. The Hall–Kier alpha value is -2.55. The van der Waals surface area contributed by atoms with Crippen LogP contribution in [0, 0.1) is 0 Å². The molecule has 0 bridgehead atoms. The average molecular weight is 557 g/mol. The van der Waals surface area contributed by atoms with Crippen LogP contribution in [-0.2, 0) is 13.1 Å². The maximum Gasteiger partial charge on any atom is 0.345 e. The van der Waals surface area contributed by atoms with Gasteiger partial charge in [0.2, 0.25) is 5.75 Å². The van der Waals surface area contributed by atoms with E-state index in [0.29, 0.717) is 29.4 Å². The Balaban J connectivity index is 0.00000216. The molecule has 1 aliphatic heterocycles. The topological polar surface area (TPSA) is 64.1 Å². The van der Waals surface area contributed by atoms with E-state index in [0.717, 1.165) is 38.3 Å². The Kier molecular flexibility index (Phi) is 13.6. The molecule has 2 heterocycles. The fraction of sp³-hybridized carbons (Fsp3) is 0.308. The number of rotatable bonds is 8. The van der Waals surface area contributed by atoms with Gasteiger partial charge in [-0.05, 0) is 23.8 Å². The number of benzene rings is 2. The number of methoxy groups -OCH3 is 2. The van der Waals surface area contributed by atoms with Crippen molar-refractivity contribution < 1.29 is 19.0 Å². The summed E-state index contributed by atoms with van der Waals surface area (Å²) in [5.74, 6) is 0.832. The number of piperazine rings is 1. The predicted octanol–water partition coefficient (Wildman–Crippen LogP) is 4.90. The molecule has 0 amide bonds. The Bertz CT molecular complexity index is 1070. The lowest BCUT2D eigenvalue weighted by molar-refractivity contribution is 0.0722. The SMILES string of the molecule is COc1ccc(CN2CCN(Cc3ccccc3)CC2)c(OC(=O)c2cccnc2)c1OC.Cl.Cl.Cl. The zero-order chi connectivity index (χ0) is 23.0. The second-order valence-electron chi connectivity index (χ2n) is 7.96. The first kappa shape index (κ1) is 31.5. The molecule has 0 unspecified atom stereocenters. The number of halogens is 3. The van der Waals surface area contributed by atoms with Gasteiger partial charge in [0.05, 0.1) is 19.8 Å². The Labute approximate surface area is 231 Å². The van der Waals surface area contributed by atoms with Crippen molar-refractivity contribution >= 4 is 43.2 Å². The molecule has 0 radical (unpaired) electrons. The second kappa shape index (κ2) is 15.5. The van der Waals surface area contributed by atoms with E-state index in [1.165, 1.54) is 11.8 Å². The summed E-state index contributed by atoms with van der Waals surface area (Å²) in [7, 11) is 3.11. The van der Waals surface area contributed by atoms with E-state index in [-0.39, 0.29) is 37.2 Å². The zero-order valence-electron chi connectivity index (χ0n) is 20.3. The van der Waals surface area contributed by atoms with Crippen molar-refractivity contribution in [2.45, 2.75) is 13.1 Å². The van der Waals surface area contributed by atoms with Crippen LogP contribution in [0.25, 0.3) is 0 Å². The summed E-state index contributed by atoms with van der Waals surface area (Å²) in [5.41, 5.74) is 2.58. The molecule has 10 heteroatoms. The van der Waals surface area contributed by atoms with Crippen LogP contribution in [0.5, 0.6) is 17.2 Å². The molecule has 0 spiro atoms. The minimum atomic E-state index is -0.483. The highest BCUT2D eigenvalue weighted by Gasteiger charge is 2.24. The highest BCUT2D eigenvalue weighted by Crippen LogP contribution is 2.41. The van der Waals surface area contributed by atoms with Gasteiger partial charge in [-0.2, -0.15) is 0 Å². The first-order chi connectivity index (χ1) is 16.2. The van der Waals surface area contributed by atoms with Crippen molar-refractivity contribution in [3.63, 3.8) is 0 Å². The molecule has 0 atom stereocenters. The summed E-state index contributed by atoms with van der Waals surface area (Å²) in [6.45, 7) is 5.42. The fourth-order valence-electron chi connectivity index (χ4n) is 4.00. The number of carbonyl (C=O) groups excluding carboxylic acids is 1. The second-order valence-corrected chi connectivity index (χ2v) is 7.96. The zero-order valence-corrected chi connectivity index (χ0v) is 22.7. The molecule has 3 aromatic rings. The van der Waals surface area contributed by atoms with Gasteiger partial charge < -0.3 is 14.2 Å². The first-order valence-corrected chi connectivity index (χ1v) is 11.0. The van der Waals surface area contributed by atoms with Crippen molar-refractivity contribution in [2.75, 3.05) is 40.4 Å². The summed E-state index contributed by atoms with van der Waals surface area (Å²) >= 11 is 0. The van der Waals surface area contributed by atoms with E-state index in [4.69, 9.17) is 14.2 Å². The number of ether oxygens (including phenoxy) is 3. The minimum Gasteiger partial charge on any atom is -0.493 e. The third kappa shape index (κ3) is 7.98. The quantitative estimate of drug-likeness (QED) is 0.289. The van der Waals surface area contributed by atoms with Crippen molar-refractivity contribution in [3.05, 3.63) is 83.7 Å². The monoisotopic (exact) mass is 555 g/mol. The molecule has 0 N–H and O–H groups in total. The number of hydrogen-bond donors (Lipinski definition) is 0. The van der Waals surface area contributed by atoms with E-state index in [9.17, 15) is 4.79 Å². The Morgan fingerprint density at radius 3 is 2.06 bits per heavy atom. The van der Waals surface area contributed by atoms with Crippen LogP contribution in [0.15, 0.2) is 67.0 Å². The largest absolute Gasteiger partial charge is 0.493 e. The van der Waals surface area contributed by atoms with Crippen LogP contribution in [0.3, 0.4) is 0 Å². The first-order valence-electron chi connectivity index (χ1n) is 11.0. The van der Waals surface area contributed by atoms with Crippen molar-refractivity contribution in [2.24, 2.45) is 0 Å². The summed E-state index contributed by atoms with van der Waals surface area (Å²) in [6.07, 6.45) is 3.10. The maximum atomic E-state index is 12.8. The smallest absolute Gasteiger partial charge is 0.345 e. The third-order valence-electron chi connectivity index (χ3n) is 5.78. The van der Waals surface area contributed by atoms with Gasteiger partial charge in [0.1, 0.15) is 0 Å². The lowest BCUT2D eigenvalue weighted by atomic mass is 10.1. The summed E-state index contributed by atoms with van der Waals surface area (Å²) in [4.78, 5) is 21.6. The van der Waals surface area contributed by atoms with Crippen molar-refractivity contribution in [3.8, 4) is 17.2 Å². The van der Waals surface area contributed by atoms with E-state index in [1.54, 1.807) is 32.5 Å². The minimum absolute atomic E-state index is 0. The molecule has 7 nitrogen and oxygen atoms in total. The molecule has 0 saturated carbocycles. The number of aromatic nitrogens is 1. The summed E-state index contributed by atoms with van der Waals surface area (Å²) in [5, 5.41) is 0. The molecular weight excluding hydrogens is 525 g/mol. The molecule has 2 aromatic carbocycles. The maximum absolute atomic E-state index is 12.8. The number of esters is 1. The van der Waals surface area contributed by atoms with E-state index in [1.807, 2.05) is 18.2 Å². The Morgan fingerprint density at radius 1 is 0.806 bits per heavy atom. The molecular formula is C26H32Cl3N3O4. The average Bonchev–Trinajstić information content (AvgIpc) is 2.87. The highest BCUT2D eigenvalue weighted by atomic mass is 35.5. The Morgan fingerprint density at radius 2 is 1.47 bits per heavy atom. The summed E-state index contributed by atoms with van der Waals surface area (Å²) < 4.78 is 16.8. The third-order valence-corrected chi connectivity index (χ3v) is 5.78. The van der Waals surface area contributed by atoms with Gasteiger partial charge in [-0.15, -0.1) is 37.2 Å². The molecule has 0 aliphatic carbocycles. The van der Waals surface area contributed by atoms with Crippen LogP contribution < -0.4 is 14.2 Å². The molecule has 1 saturated heterocycles. The summed E-state index contributed by atoms with van der Waals surface area (Å²) in [6, 6.07) is 17.7. The lowest BCUT2D eigenvalue weighted by Gasteiger charge is -2.35. The van der Waals surface area contributed by atoms with Crippen molar-refractivity contribution in [1.82, 2.24) is 14.8 Å². The normalized spacial score (nSPS) is 13.4. The van der Waals surface area contributed by atoms with Crippen LogP contribution in [0.1, 0.15) is 21.5 Å². The van der Waals surface area contributed by atoms with Gasteiger partial charge in [0.25, 0.3) is 0 Å². The molecule has 1 aromatic heterocycles. The van der Waals surface area contributed by atoms with Crippen LogP contribution in [-0.4, -0.2) is 61.2 Å². The number of nitrogens with zero attached hydrogens (tertiary/aromatic N) is 3. The van der Waals surface area contributed by atoms with Gasteiger partial charge >= 0.3 is 5.97 Å². The standard InChI is InChI=1S/C26H29N3O4.3ClH/c1-31-23-11-10-22(24(25(23)32-2)33-26(30)21-9-6-12-27-17-21)19-29-15-13-28(14-16-29)18-20-7-4-3-5-8-20;;;/h3-12,17H,13-16,18-19H2,1-2H3;3*1H. The number of hydrogen-bond acceptors (Lipinski definition) is 7. The van der Waals surface area contributed by atoms with Gasteiger partial charge in [-0.1, -0.05) is 36.4 Å². The van der Waals surface area contributed by atoms with Crippen LogP contribution in [0.2, 0.25) is 0 Å².